The molecular weight excluding hydrogens is 391 g/mol. The van der Waals surface area contributed by atoms with Crippen LogP contribution in [0.3, 0.4) is 0 Å². The van der Waals surface area contributed by atoms with E-state index in [-0.39, 0.29) is 22.1 Å². The molecule has 2 N–H and O–H groups in total. The molecule has 1 amide bonds. The monoisotopic (exact) mass is 412 g/mol. The molecule has 7 heteroatoms. The van der Waals surface area contributed by atoms with E-state index >= 15 is 0 Å². The van der Waals surface area contributed by atoms with Gasteiger partial charge in [0.2, 0.25) is 0 Å². The summed E-state index contributed by atoms with van der Waals surface area (Å²) in [4.78, 5) is 12.5. The van der Waals surface area contributed by atoms with Crippen LogP contribution in [0.4, 0.5) is 10.1 Å². The summed E-state index contributed by atoms with van der Waals surface area (Å²) in [5.41, 5.74) is 2.78. The summed E-state index contributed by atoms with van der Waals surface area (Å²) >= 11 is 0. The SMILES string of the molecule is Cc1ccc(CNC(=O)c2cc(S(=O)(=O)Nc3ccccc3F)ccc2C)cc1. The van der Waals surface area contributed by atoms with Gasteiger partial charge in [0.05, 0.1) is 10.6 Å². The maximum Gasteiger partial charge on any atom is 0.262 e. The lowest BCUT2D eigenvalue weighted by Gasteiger charge is -2.12. The van der Waals surface area contributed by atoms with Crippen molar-refractivity contribution in [2.24, 2.45) is 0 Å². The standard InChI is InChI=1S/C22H21FN2O3S/c1-15-7-10-17(11-8-15)14-24-22(26)19-13-18(12-9-16(19)2)29(27,28)25-21-6-4-3-5-20(21)23/h3-13,25H,14H2,1-2H3,(H,24,26). The highest BCUT2D eigenvalue weighted by Crippen LogP contribution is 2.21. The number of benzene rings is 3. The largest absolute Gasteiger partial charge is 0.348 e. The average Bonchev–Trinajstić information content (AvgIpc) is 2.69. The number of nitrogens with one attached hydrogen (secondary N) is 2. The Bertz CT molecular complexity index is 1140. The van der Waals surface area contributed by atoms with Crippen LogP contribution in [-0.4, -0.2) is 14.3 Å². The van der Waals surface area contributed by atoms with E-state index in [4.69, 9.17) is 0 Å². The first-order valence-electron chi connectivity index (χ1n) is 8.98. The lowest BCUT2D eigenvalue weighted by Crippen LogP contribution is -2.24. The summed E-state index contributed by atoms with van der Waals surface area (Å²) in [5, 5.41) is 2.80. The molecule has 5 nitrogen and oxygen atoms in total. The molecule has 0 spiro atoms. The molecule has 0 aliphatic heterocycles. The van der Waals surface area contributed by atoms with Gasteiger partial charge in [-0.1, -0.05) is 48.0 Å². The van der Waals surface area contributed by atoms with Gasteiger partial charge in [-0.15, -0.1) is 0 Å². The van der Waals surface area contributed by atoms with Crippen LogP contribution in [0.2, 0.25) is 0 Å². The highest BCUT2D eigenvalue weighted by atomic mass is 32.2. The first-order valence-corrected chi connectivity index (χ1v) is 10.5. The van der Waals surface area contributed by atoms with Crippen LogP contribution in [-0.2, 0) is 16.6 Å². The molecule has 0 unspecified atom stereocenters. The highest BCUT2D eigenvalue weighted by molar-refractivity contribution is 7.92. The van der Waals surface area contributed by atoms with Gasteiger partial charge in [-0.05, 0) is 49.2 Å². The second-order valence-electron chi connectivity index (χ2n) is 6.73. The quantitative estimate of drug-likeness (QED) is 0.638. The van der Waals surface area contributed by atoms with Gasteiger partial charge in [0.15, 0.2) is 0 Å². The van der Waals surface area contributed by atoms with Gasteiger partial charge in [-0.3, -0.25) is 9.52 Å². The Hall–Kier alpha value is -3.19. The van der Waals surface area contributed by atoms with E-state index in [9.17, 15) is 17.6 Å². The molecule has 0 saturated carbocycles. The molecule has 0 heterocycles. The van der Waals surface area contributed by atoms with Gasteiger partial charge in [-0.25, -0.2) is 12.8 Å². The number of hydrogen-bond donors (Lipinski definition) is 2. The molecule has 3 aromatic carbocycles. The molecule has 0 bridgehead atoms. The third-order valence-electron chi connectivity index (χ3n) is 4.46. The summed E-state index contributed by atoms with van der Waals surface area (Å²) < 4.78 is 41.3. The van der Waals surface area contributed by atoms with Crippen LogP contribution in [0.25, 0.3) is 0 Å². The van der Waals surface area contributed by atoms with Gasteiger partial charge in [0.25, 0.3) is 15.9 Å². The number of amides is 1. The molecular formula is C22H21FN2O3S. The number of sulfonamides is 1. The van der Waals surface area contributed by atoms with Crippen LogP contribution < -0.4 is 10.0 Å². The molecule has 3 rings (SSSR count). The summed E-state index contributed by atoms with van der Waals surface area (Å²) in [6.45, 7) is 4.03. The van der Waals surface area contributed by atoms with Gasteiger partial charge >= 0.3 is 0 Å². The van der Waals surface area contributed by atoms with E-state index in [1.54, 1.807) is 13.0 Å². The van der Waals surface area contributed by atoms with E-state index in [2.05, 4.69) is 10.0 Å². The Kier molecular flexibility index (Phi) is 5.98. The van der Waals surface area contributed by atoms with Crippen molar-refractivity contribution in [3.8, 4) is 0 Å². The lowest BCUT2D eigenvalue weighted by atomic mass is 10.1. The maximum absolute atomic E-state index is 13.8. The van der Waals surface area contributed by atoms with Crippen molar-refractivity contribution in [2.45, 2.75) is 25.3 Å². The Morgan fingerprint density at radius 1 is 0.966 bits per heavy atom. The van der Waals surface area contributed by atoms with Crippen molar-refractivity contribution in [3.05, 3.63) is 94.8 Å². The predicted octanol–water partition coefficient (Wildman–Crippen LogP) is 4.17. The molecule has 0 fully saturated rings. The van der Waals surface area contributed by atoms with Gasteiger partial charge in [0, 0.05) is 12.1 Å². The minimum atomic E-state index is -4.05. The van der Waals surface area contributed by atoms with Crippen molar-refractivity contribution < 1.29 is 17.6 Å². The minimum absolute atomic E-state index is 0.119. The van der Waals surface area contributed by atoms with Crippen molar-refractivity contribution >= 4 is 21.6 Å². The Morgan fingerprint density at radius 3 is 2.34 bits per heavy atom. The average molecular weight is 412 g/mol. The van der Waals surface area contributed by atoms with Gasteiger partial charge < -0.3 is 5.32 Å². The number of aryl methyl sites for hydroxylation is 2. The lowest BCUT2D eigenvalue weighted by molar-refractivity contribution is 0.0950. The van der Waals surface area contributed by atoms with Crippen molar-refractivity contribution in [1.29, 1.82) is 0 Å². The number of anilines is 1. The molecule has 0 saturated heterocycles. The maximum atomic E-state index is 13.8. The smallest absolute Gasteiger partial charge is 0.262 e. The number of hydrogen-bond acceptors (Lipinski definition) is 3. The molecule has 0 aromatic heterocycles. The summed E-state index contributed by atoms with van der Waals surface area (Å²) in [7, 11) is -4.05. The Balaban J connectivity index is 1.80. The molecule has 0 aliphatic rings. The van der Waals surface area contributed by atoms with Crippen LogP contribution in [0, 0.1) is 19.7 Å². The number of para-hydroxylation sites is 1. The number of carbonyl (C=O) groups excluding carboxylic acids is 1. The van der Waals surface area contributed by atoms with Gasteiger partial charge in [-0.2, -0.15) is 0 Å². The normalized spacial score (nSPS) is 11.1. The first-order chi connectivity index (χ1) is 13.8. The Labute approximate surface area is 169 Å². The molecule has 0 atom stereocenters. The van der Waals surface area contributed by atoms with Crippen molar-refractivity contribution in [2.75, 3.05) is 4.72 Å². The predicted molar refractivity (Wildman–Crippen MR) is 111 cm³/mol. The third kappa shape index (κ3) is 5.00. The van der Waals surface area contributed by atoms with E-state index < -0.39 is 15.8 Å². The molecule has 150 valence electrons. The number of halogens is 1. The second-order valence-corrected chi connectivity index (χ2v) is 8.41. The second kappa shape index (κ2) is 8.45. The van der Waals surface area contributed by atoms with E-state index in [0.29, 0.717) is 12.1 Å². The van der Waals surface area contributed by atoms with E-state index in [1.807, 2.05) is 31.2 Å². The Morgan fingerprint density at radius 2 is 1.66 bits per heavy atom. The zero-order valence-corrected chi connectivity index (χ0v) is 16.9. The molecule has 29 heavy (non-hydrogen) atoms. The van der Waals surface area contributed by atoms with Crippen molar-refractivity contribution in [3.63, 3.8) is 0 Å². The summed E-state index contributed by atoms with van der Waals surface area (Å²) in [5.74, 6) is -1.06. The summed E-state index contributed by atoms with van der Waals surface area (Å²) in [6.07, 6.45) is 0. The zero-order valence-electron chi connectivity index (χ0n) is 16.1. The van der Waals surface area contributed by atoms with E-state index in [1.165, 1.54) is 30.3 Å². The topological polar surface area (TPSA) is 75.3 Å². The van der Waals surface area contributed by atoms with Crippen LogP contribution in [0.1, 0.15) is 27.0 Å². The van der Waals surface area contributed by atoms with Crippen LogP contribution in [0.5, 0.6) is 0 Å². The summed E-state index contributed by atoms with van der Waals surface area (Å²) in [6, 6.07) is 17.5. The van der Waals surface area contributed by atoms with Crippen LogP contribution in [0.15, 0.2) is 71.6 Å². The number of carbonyl (C=O) groups is 1. The van der Waals surface area contributed by atoms with Crippen molar-refractivity contribution in [1.82, 2.24) is 5.32 Å². The van der Waals surface area contributed by atoms with Gasteiger partial charge in [0.1, 0.15) is 5.82 Å². The fraction of sp³-hybridized carbons (Fsp3) is 0.136. The highest BCUT2D eigenvalue weighted by Gasteiger charge is 2.19. The van der Waals surface area contributed by atoms with E-state index in [0.717, 1.165) is 17.2 Å². The molecule has 3 aromatic rings. The number of rotatable bonds is 6. The fourth-order valence-electron chi connectivity index (χ4n) is 2.74. The fourth-order valence-corrected chi connectivity index (χ4v) is 3.84. The molecule has 0 aliphatic carbocycles. The molecule has 0 radical (unpaired) electrons. The third-order valence-corrected chi connectivity index (χ3v) is 5.82. The van der Waals surface area contributed by atoms with Crippen LogP contribution >= 0.6 is 0 Å². The first kappa shape index (κ1) is 20.5. The minimum Gasteiger partial charge on any atom is -0.348 e. The zero-order chi connectivity index (χ0) is 21.0.